The molecule has 1 amide bonds. The molecule has 1 aromatic carbocycles. The first-order valence-corrected chi connectivity index (χ1v) is 7.65. The number of benzene rings is 1. The Hall–Kier alpha value is -1.41. The lowest BCUT2D eigenvalue weighted by Crippen LogP contribution is -2.44. The highest BCUT2D eigenvalue weighted by molar-refractivity contribution is 14.1. The zero-order valence-corrected chi connectivity index (χ0v) is 13.4. The number of rotatable bonds is 3. The van der Waals surface area contributed by atoms with Gasteiger partial charge in [-0.15, -0.1) is 0 Å². The van der Waals surface area contributed by atoms with E-state index in [9.17, 15) is 14.7 Å². The molecule has 2 heterocycles. The number of carboxylic acid groups (broad SMARTS) is 1. The van der Waals surface area contributed by atoms with Gasteiger partial charge in [0.2, 0.25) is 5.91 Å². The third kappa shape index (κ3) is 2.36. The van der Waals surface area contributed by atoms with Crippen LogP contribution in [0.1, 0.15) is 6.92 Å². The lowest BCUT2D eigenvalue weighted by Gasteiger charge is -2.28. The van der Waals surface area contributed by atoms with Crippen LogP contribution in [-0.2, 0) is 14.3 Å². The fourth-order valence-electron chi connectivity index (χ4n) is 3.05. The van der Waals surface area contributed by atoms with Crippen LogP contribution in [0.3, 0.4) is 0 Å². The normalized spacial score (nSPS) is 33.1. The quantitative estimate of drug-likeness (QED) is 0.604. The summed E-state index contributed by atoms with van der Waals surface area (Å²) in [5, 5.41) is 12.2. The van der Waals surface area contributed by atoms with Crippen LogP contribution >= 0.6 is 22.6 Å². The largest absolute Gasteiger partial charge is 0.481 e. The number of hydrogen-bond acceptors (Lipinski definition) is 3. The number of halogens is 1. The van der Waals surface area contributed by atoms with Crippen molar-refractivity contribution in [1.82, 2.24) is 0 Å². The molecular formula is C15H14INO4. The molecule has 2 aliphatic heterocycles. The number of carbonyl (C=O) groups excluding carboxylic acids is 1. The van der Waals surface area contributed by atoms with Gasteiger partial charge in [0.1, 0.15) is 5.92 Å². The zero-order chi connectivity index (χ0) is 15.2. The van der Waals surface area contributed by atoms with E-state index in [0.29, 0.717) is 5.69 Å². The fourth-order valence-corrected chi connectivity index (χ4v) is 3.58. The Kier molecular flexibility index (Phi) is 3.53. The van der Waals surface area contributed by atoms with Gasteiger partial charge in [0.15, 0.2) is 0 Å². The molecule has 0 saturated carbocycles. The average molecular weight is 399 g/mol. The maximum Gasteiger partial charge on any atom is 0.310 e. The topological polar surface area (TPSA) is 75.6 Å². The van der Waals surface area contributed by atoms with Gasteiger partial charge in [-0.25, -0.2) is 0 Å². The summed E-state index contributed by atoms with van der Waals surface area (Å²) in [4.78, 5) is 24.1. The van der Waals surface area contributed by atoms with Gasteiger partial charge in [0, 0.05) is 3.57 Å². The van der Waals surface area contributed by atoms with Crippen molar-refractivity contribution in [3.8, 4) is 0 Å². The smallest absolute Gasteiger partial charge is 0.310 e. The van der Waals surface area contributed by atoms with Crippen LogP contribution in [0, 0.1) is 15.4 Å². The molecule has 2 N–H and O–H groups in total. The van der Waals surface area contributed by atoms with E-state index < -0.39 is 29.5 Å². The highest BCUT2D eigenvalue weighted by atomic mass is 127. The molecule has 1 aromatic rings. The summed E-state index contributed by atoms with van der Waals surface area (Å²) in [5.41, 5.74) is -0.166. The molecule has 0 unspecified atom stereocenters. The molecule has 0 aliphatic carbocycles. The van der Waals surface area contributed by atoms with Crippen LogP contribution in [0.15, 0.2) is 36.4 Å². The molecule has 110 valence electrons. The van der Waals surface area contributed by atoms with Crippen molar-refractivity contribution in [1.29, 1.82) is 0 Å². The number of hydrogen-bond donors (Lipinski definition) is 2. The number of nitrogens with one attached hydrogen (secondary N) is 1. The molecule has 0 radical (unpaired) electrons. The van der Waals surface area contributed by atoms with Crippen LogP contribution in [-0.4, -0.2) is 28.7 Å². The maximum atomic E-state index is 12.6. The van der Waals surface area contributed by atoms with Crippen molar-refractivity contribution in [2.75, 3.05) is 5.32 Å². The summed E-state index contributed by atoms with van der Waals surface area (Å²) in [6.07, 6.45) is 2.99. The number of ether oxygens (including phenoxy) is 1. The van der Waals surface area contributed by atoms with Crippen LogP contribution in [0.5, 0.6) is 0 Å². The Morgan fingerprint density at radius 1 is 1.38 bits per heavy atom. The van der Waals surface area contributed by atoms with E-state index >= 15 is 0 Å². The number of fused-ring (bicyclic) bond motifs is 2. The SMILES string of the molecule is C[C@@]12C=C[C@@H](O1)[C@H](C(=O)O)[C@@H]2C(=O)Nc1ccccc1I. The van der Waals surface area contributed by atoms with Crippen LogP contribution < -0.4 is 5.32 Å². The van der Waals surface area contributed by atoms with E-state index in [-0.39, 0.29) is 5.91 Å². The Bertz CT molecular complexity index is 644. The molecule has 0 spiro atoms. The van der Waals surface area contributed by atoms with E-state index in [0.717, 1.165) is 3.57 Å². The van der Waals surface area contributed by atoms with Crippen molar-refractivity contribution in [2.24, 2.45) is 11.8 Å². The summed E-state index contributed by atoms with van der Waals surface area (Å²) in [6, 6.07) is 7.37. The molecule has 21 heavy (non-hydrogen) atoms. The second kappa shape index (κ2) is 5.10. The van der Waals surface area contributed by atoms with Crippen molar-refractivity contribution < 1.29 is 19.4 Å². The van der Waals surface area contributed by atoms with E-state index in [2.05, 4.69) is 27.9 Å². The molecule has 1 fully saturated rings. The van der Waals surface area contributed by atoms with Gasteiger partial charge < -0.3 is 15.2 Å². The van der Waals surface area contributed by atoms with Crippen molar-refractivity contribution in [2.45, 2.75) is 18.6 Å². The molecule has 6 heteroatoms. The number of anilines is 1. The second-order valence-corrected chi connectivity index (χ2v) is 6.60. The Morgan fingerprint density at radius 3 is 2.76 bits per heavy atom. The second-order valence-electron chi connectivity index (χ2n) is 5.44. The molecule has 1 saturated heterocycles. The molecule has 5 nitrogen and oxygen atoms in total. The van der Waals surface area contributed by atoms with Gasteiger partial charge in [0.25, 0.3) is 0 Å². The molecule has 2 aliphatic rings. The van der Waals surface area contributed by atoms with Crippen LogP contribution in [0.2, 0.25) is 0 Å². The fraction of sp³-hybridized carbons (Fsp3) is 0.333. The predicted octanol–water partition coefficient (Wildman–Crippen LogP) is 2.27. The van der Waals surface area contributed by atoms with E-state index in [1.807, 2.05) is 18.2 Å². The summed E-state index contributed by atoms with van der Waals surface area (Å²) in [7, 11) is 0. The van der Waals surface area contributed by atoms with Gasteiger partial charge >= 0.3 is 5.97 Å². The average Bonchev–Trinajstić information content (AvgIpc) is 2.94. The van der Waals surface area contributed by atoms with Gasteiger partial charge in [-0.3, -0.25) is 9.59 Å². The third-order valence-electron chi connectivity index (χ3n) is 4.04. The molecule has 2 bridgehead atoms. The number of aliphatic carboxylic acids is 1. The third-order valence-corrected chi connectivity index (χ3v) is 4.98. The van der Waals surface area contributed by atoms with Crippen molar-refractivity contribution >= 4 is 40.2 Å². The van der Waals surface area contributed by atoms with Crippen molar-refractivity contribution in [3.63, 3.8) is 0 Å². The van der Waals surface area contributed by atoms with E-state index in [1.165, 1.54) is 0 Å². The lowest BCUT2D eigenvalue weighted by atomic mass is 9.75. The first-order valence-electron chi connectivity index (χ1n) is 6.58. The first-order chi connectivity index (χ1) is 9.92. The highest BCUT2D eigenvalue weighted by Crippen LogP contribution is 2.47. The van der Waals surface area contributed by atoms with Gasteiger partial charge in [-0.2, -0.15) is 0 Å². The van der Waals surface area contributed by atoms with Gasteiger partial charge in [0.05, 0.1) is 23.3 Å². The molecule has 3 rings (SSSR count). The number of carboxylic acids is 1. The van der Waals surface area contributed by atoms with Crippen LogP contribution in [0.25, 0.3) is 0 Å². The number of para-hydroxylation sites is 1. The van der Waals surface area contributed by atoms with Crippen molar-refractivity contribution in [3.05, 3.63) is 40.0 Å². The summed E-state index contributed by atoms with van der Waals surface area (Å²) < 4.78 is 6.58. The maximum absolute atomic E-state index is 12.6. The minimum atomic E-state index is -1.00. The molecule has 4 atom stereocenters. The minimum Gasteiger partial charge on any atom is -0.481 e. The summed E-state index contributed by atoms with van der Waals surface area (Å²) in [6.45, 7) is 1.76. The summed E-state index contributed by atoms with van der Waals surface area (Å²) >= 11 is 2.13. The Balaban J connectivity index is 1.88. The molecule has 0 aromatic heterocycles. The monoisotopic (exact) mass is 399 g/mol. The standard InChI is InChI=1S/C15H14INO4/c1-15-7-6-10(21-15)11(14(19)20)12(15)13(18)17-9-5-3-2-4-8(9)16/h2-7,10-12H,1H3,(H,17,18)(H,19,20)/t10-,11+,12-,15+/m1/s1. The van der Waals surface area contributed by atoms with Gasteiger partial charge in [-0.05, 0) is 41.6 Å². The lowest BCUT2D eigenvalue weighted by molar-refractivity contribution is -0.146. The van der Waals surface area contributed by atoms with E-state index in [4.69, 9.17) is 4.74 Å². The highest BCUT2D eigenvalue weighted by Gasteiger charge is 2.59. The molecular weight excluding hydrogens is 385 g/mol. The Morgan fingerprint density at radius 2 is 2.10 bits per heavy atom. The first kappa shape index (κ1) is 14.5. The van der Waals surface area contributed by atoms with E-state index in [1.54, 1.807) is 25.1 Å². The minimum absolute atomic E-state index is 0.319. The van der Waals surface area contributed by atoms with Gasteiger partial charge in [-0.1, -0.05) is 24.3 Å². The predicted molar refractivity (Wildman–Crippen MR) is 84.8 cm³/mol. The number of amides is 1. The van der Waals surface area contributed by atoms with Crippen LogP contribution in [0.4, 0.5) is 5.69 Å². The Labute approximate surface area is 135 Å². The number of carbonyl (C=O) groups is 2. The zero-order valence-electron chi connectivity index (χ0n) is 11.2. The summed E-state index contributed by atoms with van der Waals surface area (Å²) in [5.74, 6) is -2.90.